The molecule has 2 aromatic heterocycles. The largest absolute Gasteiger partial charge is 0.496 e. The number of aryl methyl sites for hydroxylation is 1. The number of sulfone groups is 1. The number of nitrogens with zero attached hydrogens (tertiary/aromatic N) is 3. The van der Waals surface area contributed by atoms with Crippen molar-refractivity contribution in [2.75, 3.05) is 7.11 Å². The molecule has 0 N–H and O–H groups in total. The van der Waals surface area contributed by atoms with Crippen LogP contribution in [-0.4, -0.2) is 30.5 Å². The topological polar surface area (TPSA) is 104 Å². The van der Waals surface area contributed by atoms with Gasteiger partial charge in [0.05, 0.1) is 28.6 Å². The third-order valence-electron chi connectivity index (χ3n) is 6.25. The van der Waals surface area contributed by atoms with E-state index in [0.29, 0.717) is 0 Å². The maximum absolute atomic E-state index is 15.4. The molecule has 8 nitrogen and oxygen atoms in total. The van der Waals surface area contributed by atoms with Gasteiger partial charge in [0.25, 0.3) is 5.56 Å². The van der Waals surface area contributed by atoms with Crippen LogP contribution in [0.5, 0.6) is 5.75 Å². The van der Waals surface area contributed by atoms with Gasteiger partial charge < -0.3 is 9.26 Å². The van der Waals surface area contributed by atoms with E-state index in [1.165, 1.54) is 62.9 Å². The van der Waals surface area contributed by atoms with Gasteiger partial charge in [-0.2, -0.15) is 18.3 Å². The van der Waals surface area contributed by atoms with Gasteiger partial charge in [-0.1, -0.05) is 23.4 Å². The number of benzene rings is 3. The predicted molar refractivity (Wildman–Crippen MR) is 137 cm³/mol. The van der Waals surface area contributed by atoms with Crippen LogP contribution in [0, 0.1) is 5.82 Å². The second-order valence-corrected chi connectivity index (χ2v) is 10.8. The lowest BCUT2D eigenvalue weighted by molar-refractivity contribution is -0.137. The maximum atomic E-state index is 15.4. The summed E-state index contributed by atoms with van der Waals surface area (Å²) < 4.78 is 92.1. The monoisotopic (exact) mass is 573 g/mol. The van der Waals surface area contributed by atoms with E-state index in [1.54, 1.807) is 0 Å². The predicted octanol–water partition coefficient (Wildman–Crippen LogP) is 5.40. The Bertz CT molecular complexity index is 1920. The molecule has 206 valence electrons. The molecule has 0 aliphatic heterocycles. The molecule has 40 heavy (non-hydrogen) atoms. The highest BCUT2D eigenvalue weighted by Crippen LogP contribution is 2.39. The van der Waals surface area contributed by atoms with Gasteiger partial charge in [-0.25, -0.2) is 17.5 Å². The number of rotatable bonds is 6. The van der Waals surface area contributed by atoms with Crippen LogP contribution in [0.25, 0.3) is 33.2 Å². The molecule has 0 saturated carbocycles. The first kappa shape index (κ1) is 27.1. The highest BCUT2D eigenvalue weighted by atomic mass is 32.2. The van der Waals surface area contributed by atoms with E-state index in [-0.39, 0.29) is 49.5 Å². The summed E-state index contributed by atoms with van der Waals surface area (Å²) in [7, 11) is -1.26. The quantitative estimate of drug-likeness (QED) is 0.251. The summed E-state index contributed by atoms with van der Waals surface area (Å²) in [5.74, 6) is -1.24. The molecule has 5 aromatic rings. The number of hydrogen-bond donors (Lipinski definition) is 0. The van der Waals surface area contributed by atoms with Crippen LogP contribution in [0.15, 0.2) is 81.1 Å². The zero-order valence-corrected chi connectivity index (χ0v) is 21.7. The third kappa shape index (κ3) is 4.95. The summed E-state index contributed by atoms with van der Waals surface area (Å²) in [6.45, 7) is 0. The molecule has 0 saturated heterocycles. The lowest BCUT2D eigenvalue weighted by Crippen LogP contribution is -2.21. The van der Waals surface area contributed by atoms with Crippen molar-refractivity contribution in [3.8, 4) is 28.1 Å². The Morgan fingerprint density at radius 2 is 1.77 bits per heavy atom. The molecule has 0 spiro atoms. The average molecular weight is 574 g/mol. The van der Waals surface area contributed by atoms with Crippen molar-refractivity contribution in [3.63, 3.8) is 0 Å². The minimum Gasteiger partial charge on any atom is -0.496 e. The number of halogens is 4. The van der Waals surface area contributed by atoms with Crippen molar-refractivity contribution in [2.45, 2.75) is 16.8 Å². The fourth-order valence-electron chi connectivity index (χ4n) is 4.30. The van der Waals surface area contributed by atoms with Crippen molar-refractivity contribution in [1.82, 2.24) is 14.9 Å². The van der Waals surface area contributed by atoms with Crippen LogP contribution in [0.3, 0.4) is 0 Å². The Balaban J connectivity index is 1.66. The molecule has 0 fully saturated rings. The van der Waals surface area contributed by atoms with Gasteiger partial charge in [0.2, 0.25) is 0 Å². The number of alkyl halides is 3. The summed E-state index contributed by atoms with van der Waals surface area (Å²) in [5, 5.41) is 8.09. The van der Waals surface area contributed by atoms with Crippen LogP contribution in [0.4, 0.5) is 17.6 Å². The summed E-state index contributed by atoms with van der Waals surface area (Å²) in [4.78, 5) is 12.8. The van der Waals surface area contributed by atoms with Crippen LogP contribution in [0.2, 0.25) is 0 Å². The van der Waals surface area contributed by atoms with Gasteiger partial charge in [0.15, 0.2) is 9.84 Å². The zero-order chi connectivity index (χ0) is 28.8. The second kappa shape index (κ2) is 9.90. The molecule has 0 atom stereocenters. The smallest absolute Gasteiger partial charge is 0.416 e. The van der Waals surface area contributed by atoms with Gasteiger partial charge in [0.1, 0.15) is 29.3 Å². The summed E-state index contributed by atoms with van der Waals surface area (Å²) in [6, 6.07) is 11.8. The Morgan fingerprint density at radius 3 is 2.45 bits per heavy atom. The molecule has 0 amide bonds. The first-order valence-electron chi connectivity index (χ1n) is 11.6. The summed E-state index contributed by atoms with van der Waals surface area (Å²) in [5.41, 5.74) is -1.30. The van der Waals surface area contributed by atoms with Crippen LogP contribution in [0.1, 0.15) is 11.3 Å². The molecule has 13 heteroatoms. The first-order chi connectivity index (χ1) is 18.9. The maximum Gasteiger partial charge on any atom is 0.416 e. The SMILES string of the molecule is COc1cc(-c2cccc(C(F)(F)F)c2)c(F)cc1-c1nn(C)c(=O)c2cc(S(=O)(=O)Cc3ccon3)ccc12. The highest BCUT2D eigenvalue weighted by molar-refractivity contribution is 7.90. The number of aromatic nitrogens is 3. The van der Waals surface area contributed by atoms with E-state index in [1.807, 2.05) is 0 Å². The van der Waals surface area contributed by atoms with Gasteiger partial charge in [-0.3, -0.25) is 4.79 Å². The van der Waals surface area contributed by atoms with E-state index in [2.05, 4.69) is 14.8 Å². The molecule has 0 aliphatic carbocycles. The van der Waals surface area contributed by atoms with Crippen LogP contribution in [-0.2, 0) is 28.8 Å². The molecular weight excluding hydrogens is 554 g/mol. The average Bonchev–Trinajstić information content (AvgIpc) is 3.42. The van der Waals surface area contributed by atoms with Crippen LogP contribution >= 0.6 is 0 Å². The number of methoxy groups -OCH3 is 1. The van der Waals surface area contributed by atoms with Gasteiger partial charge >= 0.3 is 6.18 Å². The highest BCUT2D eigenvalue weighted by Gasteiger charge is 2.31. The molecule has 0 bridgehead atoms. The molecule has 0 radical (unpaired) electrons. The lowest BCUT2D eigenvalue weighted by atomic mass is 9.97. The van der Waals surface area contributed by atoms with Crippen molar-refractivity contribution >= 4 is 20.6 Å². The number of hydrogen-bond acceptors (Lipinski definition) is 7. The number of fused-ring (bicyclic) bond motifs is 1. The molecular formula is C27H19F4N3O5S. The van der Waals surface area contributed by atoms with E-state index in [4.69, 9.17) is 4.74 Å². The fourth-order valence-corrected chi connectivity index (χ4v) is 5.58. The second-order valence-electron chi connectivity index (χ2n) is 8.85. The van der Waals surface area contributed by atoms with E-state index in [0.717, 1.165) is 22.9 Å². The van der Waals surface area contributed by atoms with Crippen LogP contribution < -0.4 is 10.3 Å². The molecule has 5 rings (SSSR count). The molecule has 0 aliphatic rings. The van der Waals surface area contributed by atoms with E-state index in [9.17, 15) is 26.4 Å². The van der Waals surface area contributed by atoms with Crippen molar-refractivity contribution < 1.29 is 35.2 Å². The van der Waals surface area contributed by atoms with E-state index >= 15 is 4.39 Å². The molecule has 0 unspecified atom stereocenters. The standard InChI is InChI=1S/C27H19F4N3O5S/c1-34-26(35)21-11-18(40(36,37)14-17-8-9-39-33-17)6-7-19(21)25(32-34)22-12-23(28)20(13-24(22)38-2)15-4-3-5-16(10-15)27(29,30)31/h3-13H,14H2,1-2H3. The Labute approximate surface area is 224 Å². The zero-order valence-electron chi connectivity index (χ0n) is 20.9. The summed E-state index contributed by atoms with van der Waals surface area (Å²) >= 11 is 0. The molecule has 2 heterocycles. The minimum absolute atomic E-state index is 0.00172. The normalized spacial score (nSPS) is 12.2. The van der Waals surface area contributed by atoms with Crippen molar-refractivity contribution in [2.24, 2.45) is 7.05 Å². The fraction of sp³-hybridized carbons (Fsp3) is 0.148. The van der Waals surface area contributed by atoms with Crippen molar-refractivity contribution in [3.05, 3.63) is 94.4 Å². The Kier molecular flexibility index (Phi) is 6.70. The summed E-state index contributed by atoms with van der Waals surface area (Å²) in [6.07, 6.45) is -3.38. The van der Waals surface area contributed by atoms with Gasteiger partial charge in [-0.05, 0) is 42.0 Å². The lowest BCUT2D eigenvalue weighted by Gasteiger charge is -2.15. The minimum atomic E-state index is -4.62. The number of ether oxygens (including phenoxy) is 1. The first-order valence-corrected chi connectivity index (χ1v) is 13.2. The van der Waals surface area contributed by atoms with Gasteiger partial charge in [0, 0.05) is 29.6 Å². The molecule has 3 aromatic carbocycles. The Hall–Kier alpha value is -4.52. The third-order valence-corrected chi connectivity index (χ3v) is 7.90. The van der Waals surface area contributed by atoms with Crippen molar-refractivity contribution in [1.29, 1.82) is 0 Å². The Morgan fingerprint density at radius 1 is 1.00 bits per heavy atom. The van der Waals surface area contributed by atoms with Gasteiger partial charge in [-0.15, -0.1) is 0 Å². The van der Waals surface area contributed by atoms with E-state index < -0.39 is 38.7 Å².